The number of nitrogens with zero attached hydrogens (tertiary/aromatic N) is 2. The third-order valence-electron chi connectivity index (χ3n) is 14.1. The van der Waals surface area contributed by atoms with Gasteiger partial charge in [0.05, 0.1) is 22.1 Å². The molecule has 13 aromatic rings. The quantitative estimate of drug-likeness (QED) is 0.164. The molecule has 2 nitrogen and oxygen atoms in total. The second-order valence-corrected chi connectivity index (χ2v) is 17.7. The summed E-state index contributed by atoms with van der Waals surface area (Å²) in [5.41, 5.74) is 18.7. The Bertz CT molecular complexity index is 4050. The van der Waals surface area contributed by atoms with Gasteiger partial charge in [0.2, 0.25) is 0 Å². The largest absolute Gasteiger partial charge is 0.309 e. The van der Waals surface area contributed by atoms with E-state index in [0.717, 1.165) is 5.69 Å². The van der Waals surface area contributed by atoms with Gasteiger partial charge in [-0.1, -0.05) is 170 Å². The van der Waals surface area contributed by atoms with Gasteiger partial charge in [0.15, 0.2) is 0 Å². The normalized spacial score (nSPS) is 13.4. The van der Waals surface area contributed by atoms with Gasteiger partial charge >= 0.3 is 0 Å². The predicted octanol–water partition coefficient (Wildman–Crippen LogP) is 16.7. The predicted molar refractivity (Wildman–Crippen MR) is 274 cm³/mol. The van der Waals surface area contributed by atoms with Crippen LogP contribution in [0.2, 0.25) is 0 Å². The van der Waals surface area contributed by atoms with Gasteiger partial charge < -0.3 is 9.13 Å². The first-order chi connectivity index (χ1) is 32.2. The Morgan fingerprint density at radius 3 is 1.57 bits per heavy atom. The van der Waals surface area contributed by atoms with E-state index in [1.54, 1.807) is 0 Å². The molecule has 0 N–H and O–H groups in total. The maximum Gasteiger partial charge on any atom is 0.0544 e. The van der Waals surface area contributed by atoms with Crippen molar-refractivity contribution in [1.29, 1.82) is 0 Å². The fraction of sp³-hybridized carbons (Fsp3) is 0.0159. The fourth-order valence-corrected chi connectivity index (χ4v) is 11.1. The Kier molecular flexibility index (Phi) is 7.78. The minimum Gasteiger partial charge on any atom is -0.309 e. The van der Waals surface area contributed by atoms with Gasteiger partial charge in [0, 0.05) is 38.8 Å². The van der Waals surface area contributed by atoms with E-state index in [0.29, 0.717) is 0 Å². The molecule has 0 amide bonds. The number of benzene rings is 11. The summed E-state index contributed by atoms with van der Waals surface area (Å²) in [6.07, 6.45) is 0. The summed E-state index contributed by atoms with van der Waals surface area (Å²) in [6, 6.07) is 87.9. The monoisotopic (exact) mass is 824 g/mol. The standard InChI is InChI=1S/C63H40N2/c1-2-12-40(13-3-1)43-24-29-49(30-25-43)64-61-33-28-47(46-27-32-60-55(36-46)52-19-10-11-21-59(52)65(60)50-31-26-42-15-5-7-17-45(42)35-50)37-56(61)57-38-54-51-18-8-9-20-53(51)63(58(54)39-62(57)64)48-23-22-41-14-4-6-16-44(41)34-48/h1-39,63H. The number of hydrogen-bond acceptors (Lipinski definition) is 0. The molecule has 0 aliphatic heterocycles. The summed E-state index contributed by atoms with van der Waals surface area (Å²) in [5, 5.41) is 10.0. The molecule has 0 fully saturated rings. The van der Waals surface area contributed by atoms with Gasteiger partial charge in [-0.2, -0.15) is 0 Å². The first-order valence-electron chi connectivity index (χ1n) is 22.6. The number of hydrogen-bond donors (Lipinski definition) is 0. The Morgan fingerprint density at radius 1 is 0.262 bits per heavy atom. The highest BCUT2D eigenvalue weighted by molar-refractivity contribution is 6.14. The van der Waals surface area contributed by atoms with Crippen LogP contribution in [0.1, 0.15) is 22.6 Å². The molecule has 2 heterocycles. The van der Waals surface area contributed by atoms with E-state index < -0.39 is 0 Å². The van der Waals surface area contributed by atoms with Crippen molar-refractivity contribution in [2.45, 2.75) is 5.92 Å². The van der Waals surface area contributed by atoms with Crippen molar-refractivity contribution in [1.82, 2.24) is 9.13 Å². The molecule has 1 aliphatic rings. The molecule has 0 bridgehead atoms. The lowest BCUT2D eigenvalue weighted by molar-refractivity contribution is 1.02. The highest BCUT2D eigenvalue weighted by Gasteiger charge is 2.31. The second kappa shape index (κ2) is 14.0. The third-order valence-corrected chi connectivity index (χ3v) is 14.1. The lowest BCUT2D eigenvalue weighted by Gasteiger charge is -2.16. The number of rotatable bonds is 5. The van der Waals surface area contributed by atoms with E-state index in [4.69, 9.17) is 0 Å². The summed E-state index contributed by atoms with van der Waals surface area (Å²) in [6.45, 7) is 0. The first kappa shape index (κ1) is 36.1. The van der Waals surface area contributed by atoms with Gasteiger partial charge in [0.25, 0.3) is 0 Å². The summed E-state index contributed by atoms with van der Waals surface area (Å²) in [4.78, 5) is 0. The molecular formula is C63H40N2. The zero-order valence-corrected chi connectivity index (χ0v) is 35.5. The van der Waals surface area contributed by atoms with Crippen LogP contribution in [0, 0.1) is 0 Å². The topological polar surface area (TPSA) is 9.86 Å². The second-order valence-electron chi connectivity index (χ2n) is 17.7. The molecule has 0 spiro atoms. The highest BCUT2D eigenvalue weighted by atomic mass is 15.0. The van der Waals surface area contributed by atoms with Gasteiger partial charge in [-0.05, 0) is 138 Å². The molecule has 65 heavy (non-hydrogen) atoms. The van der Waals surface area contributed by atoms with E-state index >= 15 is 0 Å². The summed E-state index contributed by atoms with van der Waals surface area (Å²) in [7, 11) is 0. The Labute approximate surface area is 376 Å². The average molecular weight is 825 g/mol. The van der Waals surface area contributed by atoms with Crippen LogP contribution in [-0.2, 0) is 0 Å². The van der Waals surface area contributed by atoms with Crippen molar-refractivity contribution < 1.29 is 0 Å². The van der Waals surface area contributed by atoms with Crippen LogP contribution in [0.5, 0.6) is 0 Å². The van der Waals surface area contributed by atoms with E-state index in [9.17, 15) is 0 Å². The first-order valence-corrected chi connectivity index (χ1v) is 22.6. The number of aromatic nitrogens is 2. The van der Waals surface area contributed by atoms with Crippen molar-refractivity contribution in [3.63, 3.8) is 0 Å². The Morgan fingerprint density at radius 2 is 0.800 bits per heavy atom. The number of para-hydroxylation sites is 1. The van der Waals surface area contributed by atoms with E-state index in [1.165, 1.54) is 121 Å². The van der Waals surface area contributed by atoms with E-state index in [1.807, 2.05) is 0 Å². The molecule has 1 unspecified atom stereocenters. The minimum atomic E-state index is 0.126. The molecule has 1 atom stereocenters. The SMILES string of the molecule is c1ccc(-c2ccc(-n3c4ccc(-c5ccc6c(c5)c5ccccc5n6-c5ccc6ccccc6c5)cc4c4cc5c(cc43)C(c3ccc4ccccc4c3)c3ccccc3-5)cc2)cc1. The van der Waals surface area contributed by atoms with Crippen molar-refractivity contribution in [3.8, 4) is 44.8 Å². The molecule has 0 radical (unpaired) electrons. The number of fused-ring (bicyclic) bond motifs is 11. The summed E-state index contributed by atoms with van der Waals surface area (Å²) < 4.78 is 4.91. The molecule has 11 aromatic carbocycles. The maximum absolute atomic E-state index is 2.50. The smallest absolute Gasteiger partial charge is 0.0544 e. The van der Waals surface area contributed by atoms with Gasteiger partial charge in [0.1, 0.15) is 0 Å². The van der Waals surface area contributed by atoms with Crippen LogP contribution < -0.4 is 0 Å². The molecule has 0 saturated heterocycles. The lowest BCUT2D eigenvalue weighted by Crippen LogP contribution is -2.00. The van der Waals surface area contributed by atoms with E-state index in [-0.39, 0.29) is 5.92 Å². The van der Waals surface area contributed by atoms with Crippen LogP contribution in [0.3, 0.4) is 0 Å². The molecule has 14 rings (SSSR count). The fourth-order valence-electron chi connectivity index (χ4n) is 11.1. The van der Waals surface area contributed by atoms with Gasteiger partial charge in [-0.25, -0.2) is 0 Å². The van der Waals surface area contributed by atoms with Crippen molar-refractivity contribution in [2.75, 3.05) is 0 Å². The summed E-state index contributed by atoms with van der Waals surface area (Å²) in [5.74, 6) is 0.126. The van der Waals surface area contributed by atoms with Crippen LogP contribution in [0.25, 0.3) is 110 Å². The minimum absolute atomic E-state index is 0.126. The molecular weight excluding hydrogens is 785 g/mol. The Hall–Kier alpha value is -8.46. The van der Waals surface area contributed by atoms with Crippen molar-refractivity contribution in [3.05, 3.63) is 253 Å². The zero-order valence-electron chi connectivity index (χ0n) is 35.5. The van der Waals surface area contributed by atoms with Crippen LogP contribution in [0.4, 0.5) is 0 Å². The molecule has 2 aromatic heterocycles. The van der Waals surface area contributed by atoms with Crippen LogP contribution in [-0.4, -0.2) is 9.13 Å². The van der Waals surface area contributed by atoms with Crippen molar-refractivity contribution in [2.24, 2.45) is 0 Å². The average Bonchev–Trinajstić information content (AvgIpc) is 4.00. The molecule has 0 saturated carbocycles. The van der Waals surface area contributed by atoms with Crippen LogP contribution >= 0.6 is 0 Å². The molecule has 302 valence electrons. The van der Waals surface area contributed by atoms with Crippen LogP contribution in [0.15, 0.2) is 237 Å². The zero-order chi connectivity index (χ0) is 42.6. The van der Waals surface area contributed by atoms with Crippen molar-refractivity contribution >= 4 is 65.2 Å². The molecule has 1 aliphatic carbocycles. The molecule has 2 heteroatoms. The highest BCUT2D eigenvalue weighted by Crippen LogP contribution is 2.51. The lowest BCUT2D eigenvalue weighted by atomic mass is 9.88. The third kappa shape index (κ3) is 5.54. The van der Waals surface area contributed by atoms with Gasteiger partial charge in [-0.15, -0.1) is 0 Å². The van der Waals surface area contributed by atoms with E-state index in [2.05, 4.69) is 246 Å². The summed E-state index contributed by atoms with van der Waals surface area (Å²) >= 11 is 0. The Balaban J connectivity index is 0.977. The maximum atomic E-state index is 2.50. The van der Waals surface area contributed by atoms with Gasteiger partial charge in [-0.3, -0.25) is 0 Å².